The maximum absolute atomic E-state index is 12.4. The highest BCUT2D eigenvalue weighted by molar-refractivity contribution is 5.73. The number of hydrogen-bond acceptors (Lipinski definition) is 4. The van der Waals surface area contributed by atoms with Crippen molar-refractivity contribution in [2.45, 2.75) is 46.1 Å². The van der Waals surface area contributed by atoms with Gasteiger partial charge >= 0.3 is 12.1 Å². The first-order valence-electron chi connectivity index (χ1n) is 8.27. The average molecular weight is 321 g/mol. The lowest BCUT2D eigenvalue weighted by Crippen LogP contribution is -2.37. The fraction of sp³-hybridized carbons (Fsp3) is 0.556. The Balaban J connectivity index is 3.05. The van der Waals surface area contributed by atoms with E-state index in [4.69, 9.17) is 9.47 Å². The van der Waals surface area contributed by atoms with Crippen LogP contribution in [-0.4, -0.2) is 36.7 Å². The zero-order valence-corrected chi connectivity index (χ0v) is 14.3. The SMILES string of the molecule is CCCCN(C(=O)OCC)C(CC(=O)OCC)c1ccccc1. The summed E-state index contributed by atoms with van der Waals surface area (Å²) in [5.74, 6) is -0.313. The number of ether oxygens (including phenoxy) is 2. The van der Waals surface area contributed by atoms with E-state index >= 15 is 0 Å². The highest BCUT2D eigenvalue weighted by atomic mass is 16.6. The number of carbonyl (C=O) groups excluding carboxylic acids is 2. The molecule has 1 aromatic rings. The van der Waals surface area contributed by atoms with Crippen molar-refractivity contribution in [1.29, 1.82) is 0 Å². The molecule has 1 atom stereocenters. The number of unbranched alkanes of at least 4 members (excludes halogenated alkanes) is 1. The van der Waals surface area contributed by atoms with E-state index in [0.717, 1.165) is 18.4 Å². The lowest BCUT2D eigenvalue weighted by molar-refractivity contribution is -0.144. The van der Waals surface area contributed by atoms with Crippen LogP contribution in [-0.2, 0) is 14.3 Å². The third-order valence-electron chi connectivity index (χ3n) is 3.48. The molecule has 0 spiro atoms. The summed E-state index contributed by atoms with van der Waals surface area (Å²) in [5, 5.41) is 0. The monoisotopic (exact) mass is 321 g/mol. The molecule has 5 heteroatoms. The van der Waals surface area contributed by atoms with Crippen LogP contribution >= 0.6 is 0 Å². The molecule has 0 saturated carbocycles. The Bertz CT molecular complexity index is 475. The maximum Gasteiger partial charge on any atom is 0.410 e. The van der Waals surface area contributed by atoms with Crippen molar-refractivity contribution in [1.82, 2.24) is 4.90 Å². The van der Waals surface area contributed by atoms with Crippen molar-refractivity contribution in [2.75, 3.05) is 19.8 Å². The molecular formula is C18H27NO4. The molecule has 0 heterocycles. The summed E-state index contributed by atoms with van der Waals surface area (Å²) in [4.78, 5) is 26.0. The van der Waals surface area contributed by atoms with Crippen LogP contribution in [0, 0.1) is 0 Å². The molecule has 128 valence electrons. The zero-order chi connectivity index (χ0) is 17.1. The van der Waals surface area contributed by atoms with Crippen molar-refractivity contribution in [3.8, 4) is 0 Å². The fourth-order valence-corrected chi connectivity index (χ4v) is 2.37. The third kappa shape index (κ3) is 6.30. The van der Waals surface area contributed by atoms with E-state index in [2.05, 4.69) is 6.92 Å². The quantitative estimate of drug-likeness (QED) is 0.646. The molecule has 23 heavy (non-hydrogen) atoms. The van der Waals surface area contributed by atoms with Crippen LogP contribution in [0.3, 0.4) is 0 Å². The lowest BCUT2D eigenvalue weighted by Gasteiger charge is -2.31. The Hall–Kier alpha value is -2.04. The van der Waals surface area contributed by atoms with Crippen LogP contribution in [0.5, 0.6) is 0 Å². The van der Waals surface area contributed by atoms with Gasteiger partial charge in [-0.3, -0.25) is 4.79 Å². The summed E-state index contributed by atoms with van der Waals surface area (Å²) in [6.45, 7) is 6.80. The first-order chi connectivity index (χ1) is 11.1. The van der Waals surface area contributed by atoms with Gasteiger partial charge in [0.25, 0.3) is 0 Å². The summed E-state index contributed by atoms with van der Waals surface area (Å²) >= 11 is 0. The first-order valence-corrected chi connectivity index (χ1v) is 8.27. The van der Waals surface area contributed by atoms with Gasteiger partial charge in [-0.1, -0.05) is 43.7 Å². The molecule has 5 nitrogen and oxygen atoms in total. The van der Waals surface area contributed by atoms with Gasteiger partial charge in [-0.05, 0) is 25.8 Å². The van der Waals surface area contributed by atoms with E-state index in [1.54, 1.807) is 18.7 Å². The standard InChI is InChI=1S/C18H27NO4/c1-4-7-13-19(18(21)23-6-3)16(14-17(20)22-5-2)15-11-9-8-10-12-15/h8-12,16H,4-7,13-14H2,1-3H3. The van der Waals surface area contributed by atoms with Gasteiger partial charge in [0, 0.05) is 6.54 Å². The Kier molecular flexibility index (Phi) is 8.80. The highest BCUT2D eigenvalue weighted by Gasteiger charge is 2.28. The van der Waals surface area contributed by atoms with E-state index in [1.807, 2.05) is 30.3 Å². The average Bonchev–Trinajstić information content (AvgIpc) is 2.55. The van der Waals surface area contributed by atoms with E-state index in [-0.39, 0.29) is 24.5 Å². The summed E-state index contributed by atoms with van der Waals surface area (Å²) in [6.07, 6.45) is 1.54. The van der Waals surface area contributed by atoms with Crippen molar-refractivity contribution in [3.63, 3.8) is 0 Å². The predicted molar refractivity (Wildman–Crippen MR) is 89.1 cm³/mol. The van der Waals surface area contributed by atoms with Gasteiger partial charge in [0.05, 0.1) is 25.7 Å². The molecule has 0 radical (unpaired) electrons. The Labute approximate surface area is 138 Å². The summed E-state index contributed by atoms with van der Waals surface area (Å²) < 4.78 is 10.3. The molecule has 1 amide bonds. The predicted octanol–water partition coefficient (Wildman–Crippen LogP) is 3.94. The van der Waals surface area contributed by atoms with Crippen LogP contribution in [0.1, 0.15) is 51.6 Å². The number of esters is 1. The van der Waals surface area contributed by atoms with Crippen molar-refractivity contribution >= 4 is 12.1 Å². The topological polar surface area (TPSA) is 55.8 Å². The first kappa shape index (κ1) is 19.0. The van der Waals surface area contributed by atoms with Gasteiger partial charge in [-0.2, -0.15) is 0 Å². The second kappa shape index (κ2) is 10.6. The minimum atomic E-state index is -0.390. The van der Waals surface area contributed by atoms with Gasteiger partial charge in [0.2, 0.25) is 0 Å². The van der Waals surface area contributed by atoms with Crippen LogP contribution in [0.25, 0.3) is 0 Å². The Morgan fingerprint density at radius 2 is 1.70 bits per heavy atom. The van der Waals surface area contributed by atoms with Crippen molar-refractivity contribution in [2.24, 2.45) is 0 Å². The summed E-state index contributed by atoms with van der Waals surface area (Å²) in [5.41, 5.74) is 0.907. The smallest absolute Gasteiger partial charge is 0.410 e. The Morgan fingerprint density at radius 1 is 1.04 bits per heavy atom. The van der Waals surface area contributed by atoms with E-state index < -0.39 is 0 Å². The van der Waals surface area contributed by atoms with Gasteiger partial charge < -0.3 is 14.4 Å². The minimum absolute atomic E-state index is 0.125. The summed E-state index contributed by atoms with van der Waals surface area (Å²) in [6, 6.07) is 9.17. The fourth-order valence-electron chi connectivity index (χ4n) is 2.37. The molecule has 0 N–H and O–H groups in total. The van der Waals surface area contributed by atoms with Crippen LogP contribution in [0.2, 0.25) is 0 Å². The van der Waals surface area contributed by atoms with Gasteiger partial charge in [0.15, 0.2) is 0 Å². The van der Waals surface area contributed by atoms with Gasteiger partial charge in [-0.25, -0.2) is 4.79 Å². The number of amides is 1. The molecule has 0 bridgehead atoms. The normalized spacial score (nSPS) is 11.6. The van der Waals surface area contributed by atoms with Gasteiger partial charge in [-0.15, -0.1) is 0 Å². The molecule has 1 rings (SSSR count). The van der Waals surface area contributed by atoms with Crippen LogP contribution in [0.4, 0.5) is 4.79 Å². The minimum Gasteiger partial charge on any atom is -0.466 e. The number of hydrogen-bond donors (Lipinski definition) is 0. The number of nitrogens with zero attached hydrogens (tertiary/aromatic N) is 1. The summed E-state index contributed by atoms with van der Waals surface area (Å²) in [7, 11) is 0. The second-order valence-electron chi connectivity index (χ2n) is 5.18. The largest absolute Gasteiger partial charge is 0.466 e. The highest BCUT2D eigenvalue weighted by Crippen LogP contribution is 2.26. The van der Waals surface area contributed by atoms with Crippen LogP contribution in [0.15, 0.2) is 30.3 Å². The number of benzene rings is 1. The molecule has 0 saturated heterocycles. The van der Waals surface area contributed by atoms with Crippen LogP contribution < -0.4 is 0 Å². The molecule has 0 aromatic heterocycles. The van der Waals surface area contributed by atoms with E-state index in [0.29, 0.717) is 19.8 Å². The maximum atomic E-state index is 12.4. The molecule has 1 unspecified atom stereocenters. The second-order valence-corrected chi connectivity index (χ2v) is 5.18. The molecule has 0 aliphatic carbocycles. The molecule has 0 fully saturated rings. The van der Waals surface area contributed by atoms with Crippen molar-refractivity contribution < 1.29 is 19.1 Å². The molecular weight excluding hydrogens is 294 g/mol. The molecule has 0 aliphatic heterocycles. The molecule has 0 aliphatic rings. The number of rotatable bonds is 9. The van der Waals surface area contributed by atoms with E-state index in [9.17, 15) is 9.59 Å². The lowest BCUT2D eigenvalue weighted by atomic mass is 10.0. The molecule has 1 aromatic carbocycles. The third-order valence-corrected chi connectivity index (χ3v) is 3.48. The Morgan fingerprint density at radius 3 is 2.26 bits per heavy atom. The van der Waals surface area contributed by atoms with Crippen molar-refractivity contribution in [3.05, 3.63) is 35.9 Å². The number of carbonyl (C=O) groups is 2. The van der Waals surface area contributed by atoms with E-state index in [1.165, 1.54) is 0 Å². The zero-order valence-electron chi connectivity index (χ0n) is 14.3. The van der Waals surface area contributed by atoms with Gasteiger partial charge in [0.1, 0.15) is 0 Å².